The molecule has 4 heteroatoms. The molecule has 0 aliphatic carbocycles. The highest BCUT2D eigenvalue weighted by molar-refractivity contribution is 7.84. The summed E-state index contributed by atoms with van der Waals surface area (Å²) >= 11 is 0. The molecule has 3 nitrogen and oxygen atoms in total. The fourth-order valence-electron chi connectivity index (χ4n) is 2.86. The number of nitrogens with zero attached hydrogens (tertiary/aromatic N) is 1. The van der Waals surface area contributed by atoms with E-state index in [0.29, 0.717) is 0 Å². The quantitative estimate of drug-likeness (QED) is 0.742. The third kappa shape index (κ3) is 3.89. The van der Waals surface area contributed by atoms with Crippen LogP contribution in [0.2, 0.25) is 0 Å². The van der Waals surface area contributed by atoms with Gasteiger partial charge in [0.2, 0.25) is 0 Å². The molecule has 0 aliphatic heterocycles. The third-order valence-corrected chi connectivity index (χ3v) is 5.21. The number of pyridine rings is 1. The molecule has 3 aromatic rings. The second kappa shape index (κ2) is 7.69. The molecule has 1 N–H and O–H groups in total. The highest BCUT2D eigenvalue weighted by Crippen LogP contribution is 2.17. The van der Waals surface area contributed by atoms with E-state index in [4.69, 9.17) is 0 Å². The lowest BCUT2D eigenvalue weighted by atomic mass is 10.1. The number of fused-ring (bicyclic) bond motifs is 1. The van der Waals surface area contributed by atoms with E-state index < -0.39 is 10.8 Å². The number of hydrogen-bond donors (Lipinski definition) is 1. The second-order valence-corrected chi connectivity index (χ2v) is 7.32. The van der Waals surface area contributed by atoms with Gasteiger partial charge in [-0.2, -0.15) is 0 Å². The molecule has 2 aromatic carbocycles. The molecule has 0 bridgehead atoms. The van der Waals surface area contributed by atoms with Crippen molar-refractivity contribution in [1.29, 1.82) is 0 Å². The Morgan fingerprint density at radius 1 is 1.08 bits per heavy atom. The van der Waals surface area contributed by atoms with Gasteiger partial charge in [0.1, 0.15) is 0 Å². The van der Waals surface area contributed by atoms with Gasteiger partial charge in [-0.1, -0.05) is 36.4 Å². The van der Waals surface area contributed by atoms with E-state index in [1.54, 1.807) is 6.26 Å². The zero-order chi connectivity index (χ0) is 16.9. The Balaban J connectivity index is 1.62. The summed E-state index contributed by atoms with van der Waals surface area (Å²) in [6.45, 7) is 3.04. The molecule has 0 spiro atoms. The molecular weight excluding hydrogens is 316 g/mol. The number of rotatable bonds is 6. The second-order valence-electron chi connectivity index (χ2n) is 5.94. The largest absolute Gasteiger partial charge is 0.310 e. The molecule has 0 amide bonds. The van der Waals surface area contributed by atoms with E-state index in [9.17, 15) is 4.21 Å². The molecule has 124 valence electrons. The van der Waals surface area contributed by atoms with Crippen LogP contribution in [-0.4, -0.2) is 22.0 Å². The van der Waals surface area contributed by atoms with Crippen LogP contribution in [0.1, 0.15) is 24.1 Å². The van der Waals surface area contributed by atoms with Crippen molar-refractivity contribution < 1.29 is 4.21 Å². The first-order chi connectivity index (χ1) is 11.6. The molecule has 24 heavy (non-hydrogen) atoms. The van der Waals surface area contributed by atoms with E-state index >= 15 is 0 Å². The van der Waals surface area contributed by atoms with Gasteiger partial charge in [0.25, 0.3) is 0 Å². The Kier molecular flexibility index (Phi) is 5.38. The summed E-state index contributed by atoms with van der Waals surface area (Å²) in [6, 6.07) is 18.6. The first kappa shape index (κ1) is 16.8. The number of para-hydroxylation sites is 1. The minimum Gasteiger partial charge on any atom is -0.310 e. The van der Waals surface area contributed by atoms with Crippen molar-refractivity contribution in [3.63, 3.8) is 0 Å². The monoisotopic (exact) mass is 338 g/mol. The summed E-state index contributed by atoms with van der Waals surface area (Å²) in [4.78, 5) is 5.37. The summed E-state index contributed by atoms with van der Waals surface area (Å²) in [5.74, 6) is 0. The predicted octanol–water partition coefficient (Wildman–Crippen LogP) is 3.87. The van der Waals surface area contributed by atoms with Gasteiger partial charge in [0.15, 0.2) is 0 Å². The lowest BCUT2D eigenvalue weighted by Gasteiger charge is -2.15. The smallest absolute Gasteiger partial charge is 0.0734 e. The highest BCUT2D eigenvalue weighted by atomic mass is 32.2. The summed E-state index contributed by atoms with van der Waals surface area (Å²) in [5.41, 5.74) is 3.56. The third-order valence-electron chi connectivity index (χ3n) is 4.27. The summed E-state index contributed by atoms with van der Waals surface area (Å²) in [6.07, 6.45) is 4.49. The van der Waals surface area contributed by atoms with Crippen molar-refractivity contribution in [3.05, 3.63) is 71.9 Å². The molecule has 1 aromatic heterocycles. The van der Waals surface area contributed by atoms with Gasteiger partial charge in [-0.05, 0) is 49.2 Å². The fraction of sp³-hybridized carbons (Fsp3) is 0.250. The maximum absolute atomic E-state index is 11.5. The molecule has 0 saturated carbocycles. The Morgan fingerprint density at radius 3 is 2.58 bits per heavy atom. The first-order valence-electron chi connectivity index (χ1n) is 8.14. The van der Waals surface area contributed by atoms with E-state index in [1.807, 2.05) is 36.5 Å². The molecule has 0 fully saturated rings. The van der Waals surface area contributed by atoms with Crippen molar-refractivity contribution in [2.24, 2.45) is 0 Å². The zero-order valence-corrected chi connectivity index (χ0v) is 14.8. The minimum atomic E-state index is -0.922. The van der Waals surface area contributed by atoms with Crippen LogP contribution in [0.25, 0.3) is 10.9 Å². The Labute approximate surface area is 145 Å². The number of hydrogen-bond acceptors (Lipinski definition) is 3. The fourth-order valence-corrected chi connectivity index (χ4v) is 3.38. The van der Waals surface area contributed by atoms with E-state index in [2.05, 4.69) is 41.5 Å². The molecule has 1 heterocycles. The highest BCUT2D eigenvalue weighted by Gasteiger charge is 2.07. The SMILES string of the molecule is C[C@H](NCCc1cccc2cccnc12)c1ccc([S@@](C)=O)cc1. The Hall–Kier alpha value is -2.04. The topological polar surface area (TPSA) is 42.0 Å². The van der Waals surface area contributed by atoms with Gasteiger partial charge in [0, 0.05) is 39.6 Å². The van der Waals surface area contributed by atoms with Crippen LogP contribution in [0.15, 0.2) is 65.7 Å². The van der Waals surface area contributed by atoms with Crippen molar-refractivity contribution in [2.45, 2.75) is 24.3 Å². The van der Waals surface area contributed by atoms with Gasteiger partial charge >= 0.3 is 0 Å². The average molecular weight is 338 g/mol. The molecule has 2 atom stereocenters. The van der Waals surface area contributed by atoms with Gasteiger partial charge in [-0.25, -0.2) is 0 Å². The van der Waals surface area contributed by atoms with Crippen LogP contribution in [0.5, 0.6) is 0 Å². The summed E-state index contributed by atoms with van der Waals surface area (Å²) in [7, 11) is -0.922. The van der Waals surface area contributed by atoms with Crippen LogP contribution in [-0.2, 0) is 17.2 Å². The van der Waals surface area contributed by atoms with E-state index in [-0.39, 0.29) is 6.04 Å². The van der Waals surface area contributed by atoms with Crippen LogP contribution in [0.3, 0.4) is 0 Å². The number of nitrogens with one attached hydrogen (secondary N) is 1. The van der Waals surface area contributed by atoms with Crippen LogP contribution < -0.4 is 5.32 Å². The normalized spacial score (nSPS) is 13.8. The van der Waals surface area contributed by atoms with Crippen molar-refractivity contribution >= 4 is 21.7 Å². The van der Waals surface area contributed by atoms with Gasteiger partial charge in [0.05, 0.1) is 5.52 Å². The predicted molar refractivity (Wildman–Crippen MR) is 101 cm³/mol. The van der Waals surface area contributed by atoms with Crippen LogP contribution in [0, 0.1) is 0 Å². The zero-order valence-electron chi connectivity index (χ0n) is 14.0. The van der Waals surface area contributed by atoms with Crippen molar-refractivity contribution in [2.75, 3.05) is 12.8 Å². The van der Waals surface area contributed by atoms with Crippen molar-refractivity contribution in [1.82, 2.24) is 10.3 Å². The molecular formula is C20H22N2OS. The van der Waals surface area contributed by atoms with Gasteiger partial charge < -0.3 is 5.32 Å². The van der Waals surface area contributed by atoms with Gasteiger partial charge in [-0.15, -0.1) is 0 Å². The molecule has 0 unspecified atom stereocenters. The lowest BCUT2D eigenvalue weighted by molar-refractivity contribution is 0.577. The Bertz CT molecular complexity index is 840. The summed E-state index contributed by atoms with van der Waals surface area (Å²) in [5, 5.41) is 4.74. The van der Waals surface area contributed by atoms with Crippen LogP contribution >= 0.6 is 0 Å². The minimum absolute atomic E-state index is 0.257. The molecule has 0 radical (unpaired) electrons. The maximum Gasteiger partial charge on any atom is 0.0734 e. The maximum atomic E-state index is 11.5. The van der Waals surface area contributed by atoms with E-state index in [0.717, 1.165) is 23.4 Å². The lowest BCUT2D eigenvalue weighted by Crippen LogP contribution is -2.21. The molecule has 0 saturated heterocycles. The number of aromatic nitrogens is 1. The number of benzene rings is 2. The van der Waals surface area contributed by atoms with Gasteiger partial charge in [-0.3, -0.25) is 9.19 Å². The standard InChI is InChI=1S/C20H22N2OS/c1-15(16-8-10-19(11-9-16)24(2)23)21-14-12-18-6-3-5-17-7-4-13-22-20(17)18/h3-11,13,15,21H,12,14H2,1-2H3/t15-,24+/m0/s1. The Morgan fingerprint density at radius 2 is 1.83 bits per heavy atom. The van der Waals surface area contributed by atoms with Crippen LogP contribution in [0.4, 0.5) is 0 Å². The first-order valence-corrected chi connectivity index (χ1v) is 9.70. The molecule has 0 aliphatic rings. The summed E-state index contributed by atoms with van der Waals surface area (Å²) < 4.78 is 11.5. The molecule has 3 rings (SSSR count). The average Bonchev–Trinajstić information content (AvgIpc) is 2.62. The van der Waals surface area contributed by atoms with Crippen molar-refractivity contribution in [3.8, 4) is 0 Å². The van der Waals surface area contributed by atoms with E-state index in [1.165, 1.54) is 16.5 Å².